The molecule has 1 amide bonds. The van der Waals surface area contributed by atoms with Crippen LogP contribution in [0.5, 0.6) is 0 Å². The molecular weight excluding hydrogens is 325 g/mol. The molecule has 3 rings (SSSR count). The first-order chi connectivity index (χ1) is 11.9. The Kier molecular flexibility index (Phi) is 4.57. The second-order valence-corrected chi connectivity index (χ2v) is 6.36. The normalized spacial score (nSPS) is 17.6. The van der Waals surface area contributed by atoms with Gasteiger partial charge in [0.15, 0.2) is 0 Å². The van der Waals surface area contributed by atoms with Crippen molar-refractivity contribution in [3.63, 3.8) is 0 Å². The number of carbonyl (C=O) groups is 2. The van der Waals surface area contributed by atoms with Gasteiger partial charge in [0.2, 0.25) is 0 Å². The Morgan fingerprint density at radius 2 is 1.92 bits per heavy atom. The largest absolute Gasteiger partial charge is 0.481 e. The Labute approximate surface area is 144 Å². The summed E-state index contributed by atoms with van der Waals surface area (Å²) in [7, 11) is 0. The number of nitrogens with zero attached hydrogens (tertiary/aromatic N) is 3. The lowest BCUT2D eigenvalue weighted by Crippen LogP contribution is -2.42. The third-order valence-corrected chi connectivity index (χ3v) is 4.63. The minimum atomic E-state index is -0.868. The van der Waals surface area contributed by atoms with Crippen molar-refractivity contribution in [2.45, 2.75) is 26.7 Å². The molecule has 0 bridgehead atoms. The molecule has 1 N–H and O–H groups in total. The van der Waals surface area contributed by atoms with Crippen molar-refractivity contribution in [1.82, 2.24) is 14.7 Å². The lowest BCUT2D eigenvalue weighted by Gasteiger charge is -2.30. The van der Waals surface area contributed by atoms with Crippen molar-refractivity contribution in [2.24, 2.45) is 5.92 Å². The summed E-state index contributed by atoms with van der Waals surface area (Å²) >= 11 is 0. The van der Waals surface area contributed by atoms with Crippen molar-refractivity contribution in [3.8, 4) is 5.69 Å². The number of halogens is 1. The standard InChI is InChI=1S/C18H20FN3O3/c1-11-16(17(23)21-9-3-4-13(10-21)18(24)25)12(2)22(20-11)15-7-5-14(19)6-8-15/h5-8,13H,3-4,9-10H2,1-2H3,(H,24,25)/t13-/m1/s1. The monoisotopic (exact) mass is 345 g/mol. The SMILES string of the molecule is Cc1nn(-c2ccc(F)cc2)c(C)c1C(=O)N1CCC[C@@H](C(=O)O)C1. The molecule has 0 spiro atoms. The van der Waals surface area contributed by atoms with E-state index in [-0.39, 0.29) is 18.3 Å². The maximum atomic E-state index is 13.1. The minimum Gasteiger partial charge on any atom is -0.481 e. The van der Waals surface area contributed by atoms with E-state index in [0.717, 1.165) is 0 Å². The summed E-state index contributed by atoms with van der Waals surface area (Å²) < 4.78 is 14.7. The third-order valence-electron chi connectivity index (χ3n) is 4.63. The van der Waals surface area contributed by atoms with Crippen LogP contribution in [0.3, 0.4) is 0 Å². The number of amides is 1. The van der Waals surface area contributed by atoms with Gasteiger partial charge in [0.05, 0.1) is 28.6 Å². The Hall–Kier alpha value is -2.70. The molecule has 0 radical (unpaired) electrons. The number of hydrogen-bond acceptors (Lipinski definition) is 3. The highest BCUT2D eigenvalue weighted by Gasteiger charge is 2.31. The summed E-state index contributed by atoms with van der Waals surface area (Å²) in [6.07, 6.45) is 1.26. The molecule has 1 atom stereocenters. The second kappa shape index (κ2) is 6.66. The van der Waals surface area contributed by atoms with Crippen LogP contribution in [-0.4, -0.2) is 44.8 Å². The van der Waals surface area contributed by atoms with Crippen LogP contribution in [0.15, 0.2) is 24.3 Å². The first-order valence-corrected chi connectivity index (χ1v) is 8.22. The van der Waals surface area contributed by atoms with Crippen LogP contribution >= 0.6 is 0 Å². The van der Waals surface area contributed by atoms with Crippen molar-refractivity contribution >= 4 is 11.9 Å². The molecule has 7 heteroatoms. The van der Waals surface area contributed by atoms with E-state index in [2.05, 4.69) is 5.10 Å². The highest BCUT2D eigenvalue weighted by Crippen LogP contribution is 2.23. The number of piperidine rings is 1. The summed E-state index contributed by atoms with van der Waals surface area (Å²) in [6, 6.07) is 5.89. The molecule has 132 valence electrons. The zero-order valence-corrected chi connectivity index (χ0v) is 14.2. The maximum Gasteiger partial charge on any atom is 0.308 e. The number of rotatable bonds is 3. The van der Waals surface area contributed by atoms with Crippen LogP contribution in [0.2, 0.25) is 0 Å². The van der Waals surface area contributed by atoms with Crippen molar-refractivity contribution in [2.75, 3.05) is 13.1 Å². The molecule has 1 aliphatic heterocycles. The van der Waals surface area contributed by atoms with Crippen LogP contribution in [-0.2, 0) is 4.79 Å². The number of aromatic nitrogens is 2. The van der Waals surface area contributed by atoms with E-state index in [1.807, 2.05) is 0 Å². The molecule has 1 aromatic carbocycles. The average Bonchev–Trinajstić information content (AvgIpc) is 2.89. The average molecular weight is 345 g/mol. The fourth-order valence-corrected chi connectivity index (χ4v) is 3.31. The van der Waals surface area contributed by atoms with Crippen LogP contribution < -0.4 is 0 Å². The van der Waals surface area contributed by atoms with Gasteiger partial charge < -0.3 is 10.0 Å². The van der Waals surface area contributed by atoms with Gasteiger partial charge in [-0.1, -0.05) is 0 Å². The number of hydrogen-bond donors (Lipinski definition) is 1. The fourth-order valence-electron chi connectivity index (χ4n) is 3.31. The summed E-state index contributed by atoms with van der Waals surface area (Å²) in [5, 5.41) is 13.6. The number of carboxylic acid groups (broad SMARTS) is 1. The zero-order chi connectivity index (χ0) is 18.1. The van der Waals surface area contributed by atoms with E-state index in [1.165, 1.54) is 12.1 Å². The fraction of sp³-hybridized carbons (Fsp3) is 0.389. The van der Waals surface area contributed by atoms with Gasteiger partial charge in [0.25, 0.3) is 5.91 Å². The number of carboxylic acids is 1. The minimum absolute atomic E-state index is 0.200. The van der Waals surface area contributed by atoms with Crippen molar-refractivity contribution < 1.29 is 19.1 Å². The van der Waals surface area contributed by atoms with Crippen LogP contribution in [0.25, 0.3) is 5.69 Å². The number of likely N-dealkylation sites (tertiary alicyclic amines) is 1. The van der Waals surface area contributed by atoms with Gasteiger partial charge in [0, 0.05) is 13.1 Å². The first kappa shape index (κ1) is 17.1. The van der Waals surface area contributed by atoms with E-state index in [9.17, 15) is 19.1 Å². The second-order valence-electron chi connectivity index (χ2n) is 6.36. The van der Waals surface area contributed by atoms with Gasteiger partial charge in [-0.15, -0.1) is 0 Å². The maximum absolute atomic E-state index is 13.1. The predicted molar refractivity (Wildman–Crippen MR) is 89.3 cm³/mol. The molecule has 1 fully saturated rings. The highest BCUT2D eigenvalue weighted by molar-refractivity contribution is 5.97. The molecule has 1 aromatic heterocycles. The first-order valence-electron chi connectivity index (χ1n) is 8.22. The Morgan fingerprint density at radius 1 is 1.24 bits per heavy atom. The summed E-state index contributed by atoms with van der Waals surface area (Å²) in [6.45, 7) is 4.30. The molecule has 0 aliphatic carbocycles. The van der Waals surface area contributed by atoms with Crippen molar-refractivity contribution in [3.05, 3.63) is 47.0 Å². The lowest BCUT2D eigenvalue weighted by molar-refractivity contribution is -0.143. The molecular formula is C18H20FN3O3. The molecule has 0 unspecified atom stereocenters. The van der Waals surface area contributed by atoms with E-state index in [0.29, 0.717) is 42.0 Å². The molecule has 2 heterocycles. The van der Waals surface area contributed by atoms with Gasteiger partial charge in [-0.3, -0.25) is 9.59 Å². The smallest absolute Gasteiger partial charge is 0.308 e. The predicted octanol–water partition coefficient (Wildman–Crippen LogP) is 2.57. The van der Waals surface area contributed by atoms with Gasteiger partial charge in [0.1, 0.15) is 5.82 Å². The number of aliphatic carboxylic acids is 1. The van der Waals surface area contributed by atoms with Crippen LogP contribution in [0.4, 0.5) is 4.39 Å². The van der Waals surface area contributed by atoms with Gasteiger partial charge in [-0.05, 0) is 51.0 Å². The van der Waals surface area contributed by atoms with Gasteiger partial charge in [-0.25, -0.2) is 9.07 Å². The molecule has 25 heavy (non-hydrogen) atoms. The van der Waals surface area contributed by atoms with Crippen LogP contribution in [0.1, 0.15) is 34.6 Å². The summed E-state index contributed by atoms with van der Waals surface area (Å²) in [5.41, 5.74) is 2.38. The molecule has 6 nitrogen and oxygen atoms in total. The molecule has 2 aromatic rings. The number of aryl methyl sites for hydroxylation is 1. The Bertz CT molecular complexity index is 814. The topological polar surface area (TPSA) is 75.4 Å². The quantitative estimate of drug-likeness (QED) is 0.928. The van der Waals surface area contributed by atoms with E-state index in [1.54, 1.807) is 35.6 Å². The van der Waals surface area contributed by atoms with Gasteiger partial charge >= 0.3 is 5.97 Å². The third kappa shape index (κ3) is 3.26. The zero-order valence-electron chi connectivity index (χ0n) is 14.2. The molecule has 0 saturated carbocycles. The Balaban J connectivity index is 1.91. The molecule has 1 saturated heterocycles. The van der Waals surface area contributed by atoms with E-state index in [4.69, 9.17) is 0 Å². The Morgan fingerprint density at radius 3 is 2.56 bits per heavy atom. The molecule has 1 aliphatic rings. The number of carbonyl (C=O) groups excluding carboxylic acids is 1. The summed E-state index contributed by atoms with van der Waals surface area (Å²) in [5.74, 6) is -1.93. The highest BCUT2D eigenvalue weighted by atomic mass is 19.1. The van der Waals surface area contributed by atoms with Crippen molar-refractivity contribution in [1.29, 1.82) is 0 Å². The summed E-state index contributed by atoms with van der Waals surface area (Å²) in [4.78, 5) is 25.7. The van der Waals surface area contributed by atoms with Gasteiger partial charge in [-0.2, -0.15) is 5.10 Å². The van der Waals surface area contributed by atoms with E-state index < -0.39 is 11.9 Å². The number of benzene rings is 1. The lowest BCUT2D eigenvalue weighted by atomic mass is 9.97. The van der Waals surface area contributed by atoms with Crippen LogP contribution in [0, 0.1) is 25.6 Å². The van der Waals surface area contributed by atoms with E-state index >= 15 is 0 Å².